The Balaban J connectivity index is 2.00. The van der Waals surface area contributed by atoms with E-state index in [0.717, 1.165) is 14.6 Å². The third-order valence-corrected chi connectivity index (χ3v) is 3.37. The van der Waals surface area contributed by atoms with Crippen molar-refractivity contribution in [3.63, 3.8) is 0 Å². The Bertz CT molecular complexity index is 542. The summed E-state index contributed by atoms with van der Waals surface area (Å²) in [5, 5.41) is 3.19. The number of rotatable bonds is 5. The van der Waals surface area contributed by atoms with Crippen molar-refractivity contribution < 1.29 is 8.78 Å². The van der Waals surface area contributed by atoms with Gasteiger partial charge in [-0.1, -0.05) is 28.1 Å². The summed E-state index contributed by atoms with van der Waals surface area (Å²) in [5.41, 5.74) is 1.09. The highest BCUT2D eigenvalue weighted by atomic mass is 79.9. The minimum absolute atomic E-state index is 0.0559. The van der Waals surface area contributed by atoms with E-state index >= 15 is 0 Å². The number of imidazole rings is 1. The summed E-state index contributed by atoms with van der Waals surface area (Å²) in [4.78, 5) is 3.93. The standard InChI is InChI=1S/C13H14BrF2N3/c1-9(10-3-2-4-11(14)7-10)18-8-12-17-5-6-19(12)13(15)16/h2-7,9,13,18H,8H2,1H3. The van der Waals surface area contributed by atoms with Gasteiger partial charge in [0.1, 0.15) is 5.82 Å². The van der Waals surface area contributed by atoms with Crippen LogP contribution in [0.5, 0.6) is 0 Å². The molecule has 102 valence electrons. The summed E-state index contributed by atoms with van der Waals surface area (Å²) in [5.74, 6) is 0.330. The molecule has 0 amide bonds. The van der Waals surface area contributed by atoms with E-state index in [-0.39, 0.29) is 6.04 Å². The van der Waals surface area contributed by atoms with E-state index in [4.69, 9.17) is 0 Å². The number of nitrogens with one attached hydrogen (secondary N) is 1. The van der Waals surface area contributed by atoms with Crippen LogP contribution in [0, 0.1) is 0 Å². The van der Waals surface area contributed by atoms with Gasteiger partial charge in [0.15, 0.2) is 0 Å². The topological polar surface area (TPSA) is 29.9 Å². The van der Waals surface area contributed by atoms with Gasteiger partial charge in [-0.2, -0.15) is 8.78 Å². The van der Waals surface area contributed by atoms with E-state index in [9.17, 15) is 8.78 Å². The summed E-state index contributed by atoms with van der Waals surface area (Å²) in [6.07, 6.45) is 2.67. The maximum Gasteiger partial charge on any atom is 0.319 e. The van der Waals surface area contributed by atoms with Gasteiger partial charge >= 0.3 is 6.55 Å². The lowest BCUT2D eigenvalue weighted by Crippen LogP contribution is -2.21. The molecule has 0 saturated heterocycles. The van der Waals surface area contributed by atoms with Crippen LogP contribution < -0.4 is 5.32 Å². The van der Waals surface area contributed by atoms with Crippen LogP contribution in [0.15, 0.2) is 41.1 Å². The Kier molecular flexibility index (Phi) is 4.66. The van der Waals surface area contributed by atoms with Crippen LogP contribution in [0.25, 0.3) is 0 Å². The van der Waals surface area contributed by atoms with Crippen LogP contribution >= 0.6 is 15.9 Å². The minimum Gasteiger partial charge on any atom is -0.303 e. The van der Waals surface area contributed by atoms with Gasteiger partial charge in [0, 0.05) is 22.9 Å². The molecule has 1 atom stereocenters. The lowest BCUT2D eigenvalue weighted by Gasteiger charge is -2.15. The Labute approximate surface area is 118 Å². The molecular formula is C13H14BrF2N3. The number of hydrogen-bond donors (Lipinski definition) is 1. The quantitative estimate of drug-likeness (QED) is 0.901. The normalized spacial score (nSPS) is 12.9. The molecule has 0 spiro atoms. The van der Waals surface area contributed by atoms with Crippen molar-refractivity contribution in [1.82, 2.24) is 14.9 Å². The molecule has 1 heterocycles. The highest BCUT2D eigenvalue weighted by Crippen LogP contribution is 2.18. The average molecular weight is 330 g/mol. The highest BCUT2D eigenvalue weighted by Gasteiger charge is 2.12. The molecule has 0 fully saturated rings. The Morgan fingerprint density at radius 1 is 1.42 bits per heavy atom. The summed E-state index contributed by atoms with van der Waals surface area (Å²) in [6.45, 7) is -0.275. The fourth-order valence-electron chi connectivity index (χ4n) is 1.80. The van der Waals surface area contributed by atoms with E-state index in [1.165, 1.54) is 12.4 Å². The Morgan fingerprint density at radius 2 is 2.21 bits per heavy atom. The van der Waals surface area contributed by atoms with Gasteiger partial charge in [-0.15, -0.1) is 0 Å². The molecule has 1 aromatic heterocycles. The molecule has 0 bridgehead atoms. The van der Waals surface area contributed by atoms with Crippen molar-refractivity contribution in [3.05, 3.63) is 52.5 Å². The van der Waals surface area contributed by atoms with Crippen molar-refractivity contribution in [2.24, 2.45) is 0 Å². The second kappa shape index (κ2) is 6.25. The molecule has 0 aliphatic heterocycles. The number of benzene rings is 1. The maximum atomic E-state index is 12.7. The monoisotopic (exact) mass is 329 g/mol. The summed E-state index contributed by atoms with van der Waals surface area (Å²) >= 11 is 3.41. The smallest absolute Gasteiger partial charge is 0.303 e. The number of nitrogens with zero attached hydrogens (tertiary/aromatic N) is 2. The van der Waals surface area contributed by atoms with E-state index in [1.807, 2.05) is 31.2 Å². The average Bonchev–Trinajstić information content (AvgIpc) is 2.84. The molecule has 0 radical (unpaired) electrons. The van der Waals surface area contributed by atoms with Crippen molar-refractivity contribution >= 4 is 15.9 Å². The molecule has 1 N–H and O–H groups in total. The minimum atomic E-state index is -2.56. The zero-order chi connectivity index (χ0) is 13.8. The second-order valence-corrected chi connectivity index (χ2v) is 5.10. The first-order valence-corrected chi connectivity index (χ1v) is 6.66. The van der Waals surface area contributed by atoms with Crippen LogP contribution in [0.1, 0.15) is 30.9 Å². The third-order valence-electron chi connectivity index (χ3n) is 2.87. The van der Waals surface area contributed by atoms with Crippen LogP contribution in [0.2, 0.25) is 0 Å². The first-order valence-electron chi connectivity index (χ1n) is 5.86. The van der Waals surface area contributed by atoms with E-state index in [2.05, 4.69) is 26.2 Å². The van der Waals surface area contributed by atoms with Gasteiger partial charge in [-0.05, 0) is 24.6 Å². The van der Waals surface area contributed by atoms with Crippen molar-refractivity contribution in [2.45, 2.75) is 26.1 Å². The number of aromatic nitrogens is 2. The highest BCUT2D eigenvalue weighted by molar-refractivity contribution is 9.10. The predicted octanol–water partition coefficient (Wildman–Crippen LogP) is 3.89. The molecule has 6 heteroatoms. The zero-order valence-electron chi connectivity index (χ0n) is 10.4. The van der Waals surface area contributed by atoms with Crippen LogP contribution in [0.4, 0.5) is 8.78 Å². The van der Waals surface area contributed by atoms with Crippen LogP contribution in [-0.4, -0.2) is 9.55 Å². The molecule has 0 aliphatic rings. The molecule has 0 aliphatic carbocycles. The largest absolute Gasteiger partial charge is 0.319 e. The fraction of sp³-hybridized carbons (Fsp3) is 0.308. The number of hydrogen-bond acceptors (Lipinski definition) is 2. The molecule has 2 rings (SSSR count). The van der Waals surface area contributed by atoms with Gasteiger partial charge in [0.25, 0.3) is 0 Å². The Morgan fingerprint density at radius 3 is 2.89 bits per heavy atom. The molecule has 3 nitrogen and oxygen atoms in total. The third kappa shape index (κ3) is 3.61. The zero-order valence-corrected chi connectivity index (χ0v) is 11.9. The molecular weight excluding hydrogens is 316 g/mol. The van der Waals surface area contributed by atoms with Crippen LogP contribution in [-0.2, 0) is 6.54 Å². The summed E-state index contributed by atoms with van der Waals surface area (Å²) in [7, 11) is 0. The number of halogens is 3. The van der Waals surface area contributed by atoms with Gasteiger partial charge in [0.05, 0.1) is 6.54 Å². The lowest BCUT2D eigenvalue weighted by molar-refractivity contribution is 0.0665. The molecule has 1 aromatic carbocycles. The lowest BCUT2D eigenvalue weighted by atomic mass is 10.1. The van der Waals surface area contributed by atoms with Gasteiger partial charge in [-0.25, -0.2) is 4.98 Å². The molecule has 1 unspecified atom stereocenters. The summed E-state index contributed by atoms with van der Waals surface area (Å²) in [6, 6.07) is 7.93. The summed E-state index contributed by atoms with van der Waals surface area (Å²) < 4.78 is 27.2. The first kappa shape index (κ1) is 14.1. The van der Waals surface area contributed by atoms with Crippen LogP contribution in [0.3, 0.4) is 0 Å². The Hall–Kier alpha value is -1.27. The predicted molar refractivity (Wildman–Crippen MR) is 72.9 cm³/mol. The van der Waals surface area contributed by atoms with E-state index in [1.54, 1.807) is 0 Å². The number of alkyl halides is 2. The first-order chi connectivity index (χ1) is 9.08. The van der Waals surface area contributed by atoms with E-state index < -0.39 is 6.55 Å². The van der Waals surface area contributed by atoms with Gasteiger partial charge in [0.2, 0.25) is 0 Å². The SMILES string of the molecule is CC(NCc1nccn1C(F)F)c1cccc(Br)c1. The maximum absolute atomic E-state index is 12.7. The van der Waals surface area contributed by atoms with E-state index in [0.29, 0.717) is 12.4 Å². The molecule has 2 aromatic rings. The van der Waals surface area contributed by atoms with Gasteiger partial charge < -0.3 is 5.32 Å². The fourth-order valence-corrected chi connectivity index (χ4v) is 2.21. The van der Waals surface area contributed by atoms with Gasteiger partial charge in [-0.3, -0.25) is 4.57 Å². The van der Waals surface area contributed by atoms with Crippen molar-refractivity contribution in [3.8, 4) is 0 Å². The van der Waals surface area contributed by atoms with Crippen molar-refractivity contribution in [1.29, 1.82) is 0 Å². The van der Waals surface area contributed by atoms with Crippen molar-refractivity contribution in [2.75, 3.05) is 0 Å². The second-order valence-electron chi connectivity index (χ2n) is 4.19. The molecule has 0 saturated carbocycles. The molecule has 19 heavy (non-hydrogen) atoms.